The van der Waals surface area contributed by atoms with Gasteiger partial charge in [0.25, 0.3) is 5.91 Å². The van der Waals surface area contributed by atoms with Crippen LogP contribution in [0.25, 0.3) is 11.1 Å². The highest BCUT2D eigenvalue weighted by molar-refractivity contribution is 6.00. The van der Waals surface area contributed by atoms with Crippen LogP contribution in [0.3, 0.4) is 0 Å². The number of carbonyl (C=O) groups excluding carboxylic acids is 2. The van der Waals surface area contributed by atoms with Crippen molar-refractivity contribution in [3.05, 3.63) is 65.7 Å². The third-order valence-electron chi connectivity index (χ3n) is 6.83. The van der Waals surface area contributed by atoms with E-state index in [-0.39, 0.29) is 17.7 Å². The van der Waals surface area contributed by atoms with E-state index in [0.29, 0.717) is 43.5 Å². The van der Waals surface area contributed by atoms with Crippen LogP contribution in [-0.4, -0.2) is 38.8 Å². The van der Waals surface area contributed by atoms with Crippen LogP contribution in [0.4, 0.5) is 10.1 Å². The number of aryl methyl sites for hydroxylation is 3. The van der Waals surface area contributed by atoms with Crippen LogP contribution in [0.2, 0.25) is 0 Å². The number of carbonyl (C=O) groups is 2. The minimum absolute atomic E-state index is 0.145. The molecule has 2 N–H and O–H groups in total. The first kappa shape index (κ1) is 24.6. The first-order chi connectivity index (χ1) is 16.8. The molecule has 3 atom stereocenters. The van der Waals surface area contributed by atoms with Gasteiger partial charge in [0, 0.05) is 36.4 Å². The minimum atomic E-state index is -0.858. The molecule has 3 aromatic rings. The smallest absolute Gasteiger partial charge is 0.270 e. The maximum Gasteiger partial charge on any atom is 0.270 e. The van der Waals surface area contributed by atoms with E-state index < -0.39 is 12.2 Å². The van der Waals surface area contributed by atoms with Crippen molar-refractivity contribution in [3.63, 3.8) is 0 Å². The summed E-state index contributed by atoms with van der Waals surface area (Å²) in [5, 5.41) is 9.90. The van der Waals surface area contributed by atoms with E-state index in [1.165, 1.54) is 10.9 Å². The molecule has 0 aliphatic heterocycles. The first-order valence-corrected chi connectivity index (χ1v) is 12.1. The molecule has 0 spiro atoms. The summed E-state index contributed by atoms with van der Waals surface area (Å²) in [5.41, 5.74) is 5.17. The number of nitrogens with zero attached hydrogens (tertiary/aromatic N) is 3. The number of hydrogen-bond donors (Lipinski definition) is 2. The molecule has 35 heavy (non-hydrogen) atoms. The summed E-state index contributed by atoms with van der Waals surface area (Å²) in [6.07, 6.45) is 5.28. The molecule has 2 heterocycles. The Balaban J connectivity index is 1.53. The number of nitrogens with one attached hydrogen (secondary N) is 2. The average molecular weight is 478 g/mol. The van der Waals surface area contributed by atoms with E-state index in [2.05, 4.69) is 20.7 Å². The molecule has 0 bridgehead atoms. The largest absolute Gasteiger partial charge is 0.339 e. The van der Waals surface area contributed by atoms with Gasteiger partial charge in [-0.25, -0.2) is 4.39 Å². The summed E-state index contributed by atoms with van der Waals surface area (Å²) < 4.78 is 15.5. The van der Waals surface area contributed by atoms with Crippen molar-refractivity contribution in [3.8, 4) is 11.1 Å². The first-order valence-electron chi connectivity index (χ1n) is 12.1. The van der Waals surface area contributed by atoms with Gasteiger partial charge in [-0.05, 0) is 80.8 Å². The summed E-state index contributed by atoms with van der Waals surface area (Å²) in [6, 6.07) is 10.4. The van der Waals surface area contributed by atoms with Gasteiger partial charge in [-0.1, -0.05) is 18.6 Å². The fourth-order valence-electron chi connectivity index (χ4n) is 4.90. The maximum absolute atomic E-state index is 14.0. The Hall–Kier alpha value is -3.55. The molecule has 7 nitrogen and oxygen atoms in total. The SMILES string of the molecule is Cc1ccnc(C)c1-c1ccc(NC(=O)[C@@H](NC(=O)c2ccnn2C)[C@H]2CCC[C@@H](F)CC2)cc1. The van der Waals surface area contributed by atoms with Crippen LogP contribution < -0.4 is 10.6 Å². The van der Waals surface area contributed by atoms with E-state index in [1.807, 2.05) is 44.2 Å². The minimum Gasteiger partial charge on any atom is -0.339 e. The third-order valence-corrected chi connectivity index (χ3v) is 6.83. The second-order valence-electron chi connectivity index (χ2n) is 9.31. The monoisotopic (exact) mass is 477 g/mol. The lowest BCUT2D eigenvalue weighted by Gasteiger charge is -2.26. The predicted molar refractivity (Wildman–Crippen MR) is 134 cm³/mol. The van der Waals surface area contributed by atoms with E-state index in [0.717, 1.165) is 22.4 Å². The van der Waals surface area contributed by atoms with Crippen molar-refractivity contribution >= 4 is 17.5 Å². The molecule has 0 saturated heterocycles. The molecule has 1 aromatic carbocycles. The van der Waals surface area contributed by atoms with Crippen molar-refractivity contribution in [1.29, 1.82) is 0 Å². The van der Waals surface area contributed by atoms with E-state index in [9.17, 15) is 14.0 Å². The molecule has 2 amide bonds. The Morgan fingerprint density at radius 3 is 2.49 bits per heavy atom. The number of hydrogen-bond acceptors (Lipinski definition) is 4. The number of aromatic nitrogens is 3. The zero-order valence-electron chi connectivity index (χ0n) is 20.4. The topological polar surface area (TPSA) is 88.9 Å². The fourth-order valence-corrected chi connectivity index (χ4v) is 4.90. The van der Waals surface area contributed by atoms with Crippen LogP contribution in [0.1, 0.15) is 53.8 Å². The fraction of sp³-hybridized carbons (Fsp3) is 0.407. The van der Waals surface area contributed by atoms with Crippen LogP contribution >= 0.6 is 0 Å². The highest BCUT2D eigenvalue weighted by Crippen LogP contribution is 2.29. The number of rotatable bonds is 6. The quantitative estimate of drug-likeness (QED) is 0.501. The molecule has 2 aromatic heterocycles. The highest BCUT2D eigenvalue weighted by Gasteiger charge is 2.32. The number of anilines is 1. The van der Waals surface area contributed by atoms with Crippen molar-refractivity contribution in [1.82, 2.24) is 20.1 Å². The van der Waals surface area contributed by atoms with Crippen LogP contribution in [0.5, 0.6) is 0 Å². The van der Waals surface area contributed by atoms with Gasteiger partial charge < -0.3 is 10.6 Å². The van der Waals surface area contributed by atoms with Crippen LogP contribution in [0.15, 0.2) is 48.8 Å². The van der Waals surface area contributed by atoms with E-state index in [1.54, 1.807) is 19.3 Å². The molecule has 0 unspecified atom stereocenters. The maximum atomic E-state index is 14.0. The molecule has 1 saturated carbocycles. The zero-order chi connectivity index (χ0) is 24.9. The van der Waals surface area contributed by atoms with Gasteiger partial charge in [-0.3, -0.25) is 19.3 Å². The number of alkyl halides is 1. The molecule has 1 aliphatic carbocycles. The lowest BCUT2D eigenvalue weighted by molar-refractivity contribution is -0.119. The predicted octanol–water partition coefficient (Wildman–Crippen LogP) is 4.75. The highest BCUT2D eigenvalue weighted by atomic mass is 19.1. The summed E-state index contributed by atoms with van der Waals surface area (Å²) in [4.78, 5) is 30.7. The van der Waals surface area contributed by atoms with Gasteiger partial charge in [-0.2, -0.15) is 5.10 Å². The normalized spacial score (nSPS) is 19.0. The average Bonchev–Trinajstić information content (AvgIpc) is 3.15. The van der Waals surface area contributed by atoms with Gasteiger partial charge in [0.1, 0.15) is 17.9 Å². The van der Waals surface area contributed by atoms with Gasteiger partial charge in [0.2, 0.25) is 5.91 Å². The Morgan fingerprint density at radius 1 is 1.03 bits per heavy atom. The van der Waals surface area contributed by atoms with Crippen LogP contribution in [0, 0.1) is 19.8 Å². The van der Waals surface area contributed by atoms with Gasteiger partial charge in [-0.15, -0.1) is 0 Å². The number of amides is 2. The molecule has 1 aliphatic rings. The van der Waals surface area contributed by atoms with Gasteiger partial charge >= 0.3 is 0 Å². The van der Waals surface area contributed by atoms with Crippen LogP contribution in [-0.2, 0) is 11.8 Å². The van der Waals surface area contributed by atoms with Crippen molar-refractivity contribution < 1.29 is 14.0 Å². The summed E-state index contributed by atoms with van der Waals surface area (Å²) in [6.45, 7) is 4.02. The molecular formula is C27H32FN5O2. The summed E-state index contributed by atoms with van der Waals surface area (Å²) in [7, 11) is 1.68. The lowest BCUT2D eigenvalue weighted by Crippen LogP contribution is -2.49. The second kappa shape index (κ2) is 10.8. The molecule has 8 heteroatoms. The lowest BCUT2D eigenvalue weighted by atomic mass is 9.90. The Morgan fingerprint density at radius 2 is 1.80 bits per heavy atom. The van der Waals surface area contributed by atoms with E-state index >= 15 is 0 Å². The van der Waals surface area contributed by atoms with Gasteiger partial charge in [0.05, 0.1) is 0 Å². The Bertz CT molecular complexity index is 1170. The van der Waals surface area contributed by atoms with Crippen molar-refractivity contribution in [2.75, 3.05) is 5.32 Å². The Labute approximate surface area is 205 Å². The molecular weight excluding hydrogens is 445 g/mol. The van der Waals surface area contributed by atoms with Crippen molar-refractivity contribution in [2.45, 2.75) is 58.2 Å². The molecule has 184 valence electrons. The molecule has 0 radical (unpaired) electrons. The molecule has 1 fully saturated rings. The third kappa shape index (κ3) is 5.75. The van der Waals surface area contributed by atoms with Gasteiger partial charge in [0.15, 0.2) is 0 Å². The number of pyridine rings is 1. The molecule has 4 rings (SSSR count). The second-order valence-corrected chi connectivity index (χ2v) is 9.31. The van der Waals surface area contributed by atoms with Crippen molar-refractivity contribution in [2.24, 2.45) is 13.0 Å². The number of benzene rings is 1. The Kier molecular flexibility index (Phi) is 7.58. The standard InChI is InChI=1S/C27H32FN5O2/c1-17-13-15-29-18(2)24(17)19-8-11-22(12-9-19)31-27(35)25(20-5-4-6-21(28)10-7-20)32-26(34)23-14-16-30-33(23)3/h8-9,11-16,20-21,25H,4-7,10H2,1-3H3,(H,31,35)(H,32,34)/t20-,21+,25-/m0/s1. The summed E-state index contributed by atoms with van der Waals surface area (Å²) >= 11 is 0. The summed E-state index contributed by atoms with van der Waals surface area (Å²) in [5.74, 6) is -0.818. The number of halogens is 1. The zero-order valence-corrected chi connectivity index (χ0v) is 20.4. The van der Waals surface area contributed by atoms with E-state index in [4.69, 9.17) is 0 Å².